The van der Waals surface area contributed by atoms with Crippen LogP contribution >= 0.6 is 0 Å². The maximum absolute atomic E-state index is 12.8. The summed E-state index contributed by atoms with van der Waals surface area (Å²) in [4.78, 5) is 28.6. The summed E-state index contributed by atoms with van der Waals surface area (Å²) >= 11 is 0. The lowest BCUT2D eigenvalue weighted by Crippen LogP contribution is -2.57. The van der Waals surface area contributed by atoms with Gasteiger partial charge in [-0.1, -0.05) is 23.8 Å². The normalized spacial score (nSPS) is 17.7. The smallest absolute Gasteiger partial charge is 0.258 e. The van der Waals surface area contributed by atoms with Crippen molar-refractivity contribution in [2.75, 3.05) is 18.0 Å². The maximum Gasteiger partial charge on any atom is 0.258 e. The minimum atomic E-state index is -0.318. The highest BCUT2D eigenvalue weighted by molar-refractivity contribution is 6.03. The second-order valence-corrected chi connectivity index (χ2v) is 6.64. The van der Waals surface area contributed by atoms with E-state index in [1.165, 1.54) is 4.90 Å². The Bertz CT molecular complexity index is 814. The first-order chi connectivity index (χ1) is 11.9. The molecule has 3 rings (SSSR count). The van der Waals surface area contributed by atoms with Crippen LogP contribution in [0.2, 0.25) is 0 Å². The maximum atomic E-state index is 12.8. The molecule has 1 saturated heterocycles. The fourth-order valence-electron chi connectivity index (χ4n) is 3.07. The molecule has 1 fully saturated rings. The number of piperazine rings is 1. The second-order valence-electron chi connectivity index (χ2n) is 6.64. The molecule has 5 heteroatoms. The summed E-state index contributed by atoms with van der Waals surface area (Å²) in [5.41, 5.74) is 3.08. The van der Waals surface area contributed by atoms with Crippen LogP contribution in [0, 0.1) is 13.8 Å². The average Bonchev–Trinajstić information content (AvgIpc) is 2.57. The predicted molar refractivity (Wildman–Crippen MR) is 96.9 cm³/mol. The van der Waals surface area contributed by atoms with E-state index in [9.17, 15) is 14.7 Å². The molecular formula is C20H22N2O3. The molecule has 1 N–H and O–H groups in total. The number of carbonyl (C=O) groups is 2. The van der Waals surface area contributed by atoms with Gasteiger partial charge in [0, 0.05) is 18.3 Å². The van der Waals surface area contributed by atoms with Gasteiger partial charge in [-0.2, -0.15) is 0 Å². The van der Waals surface area contributed by atoms with E-state index in [2.05, 4.69) is 0 Å². The van der Waals surface area contributed by atoms with Gasteiger partial charge >= 0.3 is 0 Å². The molecule has 1 unspecified atom stereocenters. The SMILES string of the molecule is Cc1ccc(N2CC(C)N(C(=O)c3ccc(C)cc3O)CC2=O)cc1. The number of amides is 2. The quantitative estimate of drug-likeness (QED) is 0.916. The average molecular weight is 338 g/mol. The molecule has 5 nitrogen and oxygen atoms in total. The van der Waals surface area contributed by atoms with E-state index in [1.54, 1.807) is 23.1 Å². The van der Waals surface area contributed by atoms with Gasteiger partial charge in [0.2, 0.25) is 5.91 Å². The van der Waals surface area contributed by atoms with Gasteiger partial charge in [-0.15, -0.1) is 0 Å². The van der Waals surface area contributed by atoms with Crippen molar-refractivity contribution in [1.82, 2.24) is 4.90 Å². The lowest BCUT2D eigenvalue weighted by molar-refractivity contribution is -0.121. The molecule has 1 heterocycles. The van der Waals surface area contributed by atoms with E-state index in [-0.39, 0.29) is 35.7 Å². The first-order valence-electron chi connectivity index (χ1n) is 8.34. The van der Waals surface area contributed by atoms with Crippen molar-refractivity contribution < 1.29 is 14.7 Å². The molecule has 0 radical (unpaired) electrons. The summed E-state index contributed by atoms with van der Waals surface area (Å²) in [6.45, 7) is 6.19. The van der Waals surface area contributed by atoms with E-state index in [0.717, 1.165) is 16.8 Å². The third-order valence-corrected chi connectivity index (χ3v) is 4.58. The summed E-state index contributed by atoms with van der Waals surface area (Å²) in [6, 6.07) is 12.6. The highest BCUT2D eigenvalue weighted by Crippen LogP contribution is 2.25. The summed E-state index contributed by atoms with van der Waals surface area (Å²) in [5.74, 6) is -0.491. The van der Waals surface area contributed by atoms with E-state index in [0.29, 0.717) is 6.54 Å². The summed E-state index contributed by atoms with van der Waals surface area (Å²) in [7, 11) is 0. The lowest BCUT2D eigenvalue weighted by atomic mass is 10.1. The number of hydrogen-bond donors (Lipinski definition) is 1. The van der Waals surface area contributed by atoms with E-state index >= 15 is 0 Å². The lowest BCUT2D eigenvalue weighted by Gasteiger charge is -2.39. The molecule has 0 bridgehead atoms. The number of aromatic hydroxyl groups is 1. The van der Waals surface area contributed by atoms with Gasteiger partial charge in [0.05, 0.1) is 5.56 Å². The Balaban J connectivity index is 1.81. The monoisotopic (exact) mass is 338 g/mol. The largest absolute Gasteiger partial charge is 0.507 e. The Morgan fingerprint density at radius 3 is 2.36 bits per heavy atom. The number of hydrogen-bond acceptors (Lipinski definition) is 3. The summed E-state index contributed by atoms with van der Waals surface area (Å²) < 4.78 is 0. The molecule has 0 aliphatic carbocycles. The molecule has 0 aromatic heterocycles. The van der Waals surface area contributed by atoms with Gasteiger partial charge in [0.25, 0.3) is 5.91 Å². The highest BCUT2D eigenvalue weighted by atomic mass is 16.3. The van der Waals surface area contributed by atoms with Crippen molar-refractivity contribution in [1.29, 1.82) is 0 Å². The van der Waals surface area contributed by atoms with Gasteiger partial charge in [-0.05, 0) is 50.6 Å². The Kier molecular flexibility index (Phi) is 4.49. The number of aryl methyl sites for hydroxylation is 2. The van der Waals surface area contributed by atoms with Crippen LogP contribution in [0.5, 0.6) is 5.75 Å². The number of carbonyl (C=O) groups excluding carboxylic acids is 2. The van der Waals surface area contributed by atoms with Crippen LogP contribution in [0.4, 0.5) is 5.69 Å². The van der Waals surface area contributed by atoms with E-state index in [1.807, 2.05) is 45.0 Å². The third kappa shape index (κ3) is 3.36. The molecular weight excluding hydrogens is 316 g/mol. The minimum absolute atomic E-state index is 0.00118. The fraction of sp³-hybridized carbons (Fsp3) is 0.300. The Morgan fingerprint density at radius 2 is 1.72 bits per heavy atom. The van der Waals surface area contributed by atoms with Gasteiger partial charge in [-0.3, -0.25) is 9.59 Å². The molecule has 0 spiro atoms. The Morgan fingerprint density at radius 1 is 1.08 bits per heavy atom. The highest BCUT2D eigenvalue weighted by Gasteiger charge is 2.34. The van der Waals surface area contributed by atoms with Gasteiger partial charge < -0.3 is 14.9 Å². The number of nitrogens with zero attached hydrogens (tertiary/aromatic N) is 2. The summed E-state index contributed by atoms with van der Waals surface area (Å²) in [5, 5.41) is 10.1. The van der Waals surface area contributed by atoms with Crippen LogP contribution in [-0.4, -0.2) is 41.0 Å². The second kappa shape index (κ2) is 6.59. The summed E-state index contributed by atoms with van der Waals surface area (Å²) in [6.07, 6.45) is 0. The van der Waals surface area contributed by atoms with Crippen LogP contribution < -0.4 is 4.90 Å². The van der Waals surface area contributed by atoms with Crippen LogP contribution in [0.15, 0.2) is 42.5 Å². The zero-order valence-electron chi connectivity index (χ0n) is 14.7. The van der Waals surface area contributed by atoms with Crippen molar-refractivity contribution in [3.8, 4) is 5.75 Å². The minimum Gasteiger partial charge on any atom is -0.507 e. The van der Waals surface area contributed by atoms with Crippen molar-refractivity contribution in [3.05, 3.63) is 59.2 Å². The molecule has 2 aromatic carbocycles. The van der Waals surface area contributed by atoms with Crippen LogP contribution in [0.1, 0.15) is 28.4 Å². The van der Waals surface area contributed by atoms with E-state index in [4.69, 9.17) is 0 Å². The zero-order chi connectivity index (χ0) is 18.1. The molecule has 130 valence electrons. The fourth-order valence-corrected chi connectivity index (χ4v) is 3.07. The van der Waals surface area contributed by atoms with Crippen molar-refractivity contribution in [2.45, 2.75) is 26.8 Å². The number of phenols is 1. The predicted octanol–water partition coefficient (Wildman–Crippen LogP) is 2.89. The number of rotatable bonds is 2. The standard InChI is InChI=1S/C20H22N2O3/c1-13-4-7-16(8-5-13)22-11-15(3)21(12-19(22)24)20(25)17-9-6-14(2)10-18(17)23/h4-10,15,23H,11-12H2,1-3H3. The Labute approximate surface area is 147 Å². The topological polar surface area (TPSA) is 60.9 Å². The number of anilines is 1. The van der Waals surface area contributed by atoms with Crippen molar-refractivity contribution in [2.24, 2.45) is 0 Å². The molecule has 1 aliphatic rings. The van der Waals surface area contributed by atoms with Crippen LogP contribution in [-0.2, 0) is 4.79 Å². The third-order valence-electron chi connectivity index (χ3n) is 4.58. The van der Waals surface area contributed by atoms with Crippen molar-refractivity contribution >= 4 is 17.5 Å². The van der Waals surface area contributed by atoms with E-state index < -0.39 is 0 Å². The zero-order valence-corrected chi connectivity index (χ0v) is 14.7. The molecule has 25 heavy (non-hydrogen) atoms. The first kappa shape index (κ1) is 17.0. The molecule has 2 aromatic rings. The molecule has 2 amide bonds. The van der Waals surface area contributed by atoms with Crippen LogP contribution in [0.3, 0.4) is 0 Å². The van der Waals surface area contributed by atoms with Gasteiger partial charge in [-0.25, -0.2) is 0 Å². The van der Waals surface area contributed by atoms with Crippen molar-refractivity contribution in [3.63, 3.8) is 0 Å². The van der Waals surface area contributed by atoms with Crippen LogP contribution in [0.25, 0.3) is 0 Å². The first-order valence-corrected chi connectivity index (χ1v) is 8.34. The molecule has 0 saturated carbocycles. The number of phenolic OH excluding ortho intramolecular Hbond substituents is 1. The van der Waals surface area contributed by atoms with Gasteiger partial charge in [0.15, 0.2) is 0 Å². The molecule has 1 aliphatic heterocycles. The number of benzene rings is 2. The molecule has 1 atom stereocenters. The Hall–Kier alpha value is -2.82. The van der Waals surface area contributed by atoms with Gasteiger partial charge in [0.1, 0.15) is 12.3 Å².